The molecule has 0 bridgehead atoms. The molecule has 0 aliphatic carbocycles. The Morgan fingerprint density at radius 2 is 1.97 bits per heavy atom. The Morgan fingerprint density at radius 1 is 1.16 bits per heavy atom. The van der Waals surface area contributed by atoms with E-state index in [-0.39, 0.29) is 11.7 Å². The van der Waals surface area contributed by atoms with E-state index in [2.05, 4.69) is 27.9 Å². The van der Waals surface area contributed by atoms with Gasteiger partial charge in [-0.3, -0.25) is 4.79 Å². The van der Waals surface area contributed by atoms with E-state index in [1.165, 1.54) is 21.9 Å². The van der Waals surface area contributed by atoms with E-state index in [9.17, 15) is 9.18 Å². The van der Waals surface area contributed by atoms with E-state index < -0.39 is 0 Å². The van der Waals surface area contributed by atoms with Crippen molar-refractivity contribution in [3.8, 4) is 0 Å². The molecule has 2 aliphatic rings. The Kier molecular flexibility index (Phi) is 6.28. The van der Waals surface area contributed by atoms with Crippen molar-refractivity contribution in [2.75, 3.05) is 32.7 Å². The van der Waals surface area contributed by atoms with E-state index in [1.54, 1.807) is 17.4 Å². The molecule has 170 valence electrons. The molecule has 0 atom stereocenters. The molecule has 2 aliphatic heterocycles. The number of aryl methyl sites for hydroxylation is 2. The largest absolute Gasteiger partial charge is 0.356 e. The average Bonchev–Trinajstić information content (AvgIpc) is 3.34. The number of hydrogen-bond donors (Lipinski definition) is 0. The maximum atomic E-state index is 13.4. The molecule has 1 amide bonds. The summed E-state index contributed by atoms with van der Waals surface area (Å²) in [6, 6.07) is 6.75. The quantitative estimate of drug-likeness (QED) is 0.468. The first-order valence-corrected chi connectivity index (χ1v) is 12.6. The van der Waals surface area contributed by atoms with Gasteiger partial charge in [0, 0.05) is 40.2 Å². The van der Waals surface area contributed by atoms with Crippen molar-refractivity contribution in [3.63, 3.8) is 0 Å². The van der Waals surface area contributed by atoms with Crippen LogP contribution in [0.15, 0.2) is 28.8 Å². The molecule has 4 heterocycles. The van der Waals surface area contributed by atoms with Gasteiger partial charge in [0.2, 0.25) is 0 Å². The summed E-state index contributed by atoms with van der Waals surface area (Å²) in [7, 11) is 0. The van der Waals surface area contributed by atoms with Gasteiger partial charge in [-0.1, -0.05) is 5.16 Å². The Labute approximate surface area is 192 Å². The number of aromatic nitrogens is 1. The number of nitrogens with zero attached hydrogens (tertiary/aromatic N) is 3. The summed E-state index contributed by atoms with van der Waals surface area (Å²) in [6.07, 6.45) is 6.34. The number of carbonyl (C=O) groups is 1. The first kappa shape index (κ1) is 21.6. The minimum Gasteiger partial charge on any atom is -0.356 e. The number of carbonyl (C=O) groups excluding carboxylic acids is 1. The molecule has 0 N–H and O–H groups in total. The minimum atomic E-state index is -0.289. The maximum absolute atomic E-state index is 13.4. The van der Waals surface area contributed by atoms with Gasteiger partial charge in [0.05, 0.1) is 11.3 Å². The van der Waals surface area contributed by atoms with Gasteiger partial charge >= 0.3 is 0 Å². The third-order valence-electron chi connectivity index (χ3n) is 6.87. The van der Waals surface area contributed by atoms with Crippen LogP contribution < -0.4 is 0 Å². The topological polar surface area (TPSA) is 49.6 Å². The Bertz CT molecular complexity index is 1100. The molecule has 1 aromatic carbocycles. The second kappa shape index (κ2) is 9.32. The lowest BCUT2D eigenvalue weighted by atomic mass is 9.91. The maximum Gasteiger partial charge on any atom is 0.254 e. The van der Waals surface area contributed by atoms with Crippen LogP contribution in [0.3, 0.4) is 0 Å². The van der Waals surface area contributed by atoms with Gasteiger partial charge in [0.15, 0.2) is 5.58 Å². The van der Waals surface area contributed by atoms with Crippen LogP contribution in [-0.2, 0) is 6.42 Å². The lowest BCUT2D eigenvalue weighted by molar-refractivity contribution is 0.0756. The van der Waals surface area contributed by atoms with Crippen molar-refractivity contribution in [1.82, 2.24) is 15.0 Å². The van der Waals surface area contributed by atoms with Gasteiger partial charge in [0.25, 0.3) is 5.91 Å². The number of fused-ring (bicyclic) bond motifs is 2. The second-order valence-electron chi connectivity index (χ2n) is 9.12. The van der Waals surface area contributed by atoms with Crippen LogP contribution in [0.25, 0.3) is 11.0 Å². The number of hydrogen-bond acceptors (Lipinski definition) is 5. The van der Waals surface area contributed by atoms with Crippen LogP contribution in [0, 0.1) is 12.7 Å². The third-order valence-corrected chi connectivity index (χ3v) is 7.98. The molecular weight excluding hydrogens is 425 g/mol. The number of piperidine rings is 1. The molecule has 2 aromatic heterocycles. The molecule has 0 unspecified atom stereocenters. The summed E-state index contributed by atoms with van der Waals surface area (Å²) in [6.45, 7) is 6.97. The number of likely N-dealkylation sites (tertiary alicyclic amines) is 1. The number of amides is 1. The van der Waals surface area contributed by atoms with Crippen LogP contribution in [0.1, 0.15) is 63.8 Å². The Morgan fingerprint density at radius 3 is 2.81 bits per heavy atom. The van der Waals surface area contributed by atoms with Gasteiger partial charge in [-0.05, 0) is 83.3 Å². The average molecular weight is 456 g/mol. The molecule has 0 spiro atoms. The highest BCUT2D eigenvalue weighted by Crippen LogP contribution is 2.33. The van der Waals surface area contributed by atoms with Crippen molar-refractivity contribution in [1.29, 1.82) is 0 Å². The summed E-state index contributed by atoms with van der Waals surface area (Å²) in [5, 5.41) is 5.19. The summed E-state index contributed by atoms with van der Waals surface area (Å²) < 4.78 is 18.8. The standard InChI is InChI=1S/C25H30FN3O2S/c1-17-15-21-23(32-17)5-4-12-29(25(21)30)11-3-2-10-28-13-8-18(9-14-28)24-20-7-6-19(26)16-22(20)31-27-24/h6-7,15-16,18H,2-5,8-14H2,1H3. The SMILES string of the molecule is Cc1cc2c(s1)CCCN(CCCCN1CCC(c3noc4cc(F)ccc34)CC1)C2=O. The molecule has 1 saturated heterocycles. The molecule has 5 rings (SSSR count). The van der Waals surface area contributed by atoms with Crippen molar-refractivity contribution in [2.24, 2.45) is 0 Å². The van der Waals surface area contributed by atoms with Gasteiger partial charge in [-0.25, -0.2) is 4.39 Å². The predicted molar refractivity (Wildman–Crippen MR) is 125 cm³/mol. The molecule has 32 heavy (non-hydrogen) atoms. The first-order valence-electron chi connectivity index (χ1n) is 11.7. The van der Waals surface area contributed by atoms with Crippen molar-refractivity contribution >= 4 is 28.2 Å². The zero-order valence-electron chi connectivity index (χ0n) is 18.6. The Hall–Kier alpha value is -2.25. The highest BCUT2D eigenvalue weighted by Gasteiger charge is 2.26. The highest BCUT2D eigenvalue weighted by molar-refractivity contribution is 7.12. The van der Waals surface area contributed by atoms with Gasteiger partial charge in [-0.15, -0.1) is 11.3 Å². The van der Waals surface area contributed by atoms with Crippen molar-refractivity contribution < 1.29 is 13.7 Å². The lowest BCUT2D eigenvalue weighted by Crippen LogP contribution is -2.35. The summed E-state index contributed by atoms with van der Waals surface area (Å²) in [4.78, 5) is 20.0. The number of benzene rings is 1. The minimum absolute atomic E-state index is 0.224. The fourth-order valence-electron chi connectivity index (χ4n) is 5.14. The van der Waals surface area contributed by atoms with Gasteiger partial charge in [0.1, 0.15) is 5.82 Å². The predicted octanol–water partition coefficient (Wildman–Crippen LogP) is 5.39. The summed E-state index contributed by atoms with van der Waals surface area (Å²) in [5.74, 6) is 0.307. The van der Waals surface area contributed by atoms with E-state index >= 15 is 0 Å². The lowest BCUT2D eigenvalue weighted by Gasteiger charge is -2.31. The van der Waals surface area contributed by atoms with Gasteiger partial charge < -0.3 is 14.3 Å². The third kappa shape index (κ3) is 4.46. The van der Waals surface area contributed by atoms with E-state index in [1.807, 2.05) is 0 Å². The first-order chi connectivity index (χ1) is 15.6. The number of halogens is 1. The van der Waals surface area contributed by atoms with Crippen molar-refractivity contribution in [2.45, 2.75) is 51.4 Å². The van der Waals surface area contributed by atoms with Crippen LogP contribution in [0.4, 0.5) is 4.39 Å². The molecule has 3 aromatic rings. The van der Waals surface area contributed by atoms with E-state index in [4.69, 9.17) is 4.52 Å². The van der Waals surface area contributed by atoms with Crippen LogP contribution in [-0.4, -0.2) is 53.6 Å². The van der Waals surface area contributed by atoms with Crippen LogP contribution >= 0.6 is 11.3 Å². The molecule has 0 saturated carbocycles. The normalized spacial score (nSPS) is 18.3. The zero-order chi connectivity index (χ0) is 22.1. The monoisotopic (exact) mass is 455 g/mol. The molecule has 0 radical (unpaired) electrons. The summed E-state index contributed by atoms with van der Waals surface area (Å²) in [5.41, 5.74) is 2.45. The number of thiophene rings is 1. The molecule has 7 heteroatoms. The highest BCUT2D eigenvalue weighted by atomic mass is 32.1. The number of unbranched alkanes of at least 4 members (excludes halogenated alkanes) is 1. The van der Waals surface area contributed by atoms with Gasteiger partial charge in [-0.2, -0.15) is 0 Å². The fourth-order valence-corrected chi connectivity index (χ4v) is 6.21. The molecular formula is C25H30FN3O2S. The smallest absolute Gasteiger partial charge is 0.254 e. The van der Waals surface area contributed by atoms with Crippen molar-refractivity contribution in [3.05, 3.63) is 51.1 Å². The van der Waals surface area contributed by atoms with E-state index in [0.717, 1.165) is 87.9 Å². The molecule has 5 nitrogen and oxygen atoms in total. The van der Waals surface area contributed by atoms with E-state index in [0.29, 0.717) is 11.5 Å². The fraction of sp³-hybridized carbons (Fsp3) is 0.520. The second-order valence-corrected chi connectivity index (χ2v) is 10.5. The summed E-state index contributed by atoms with van der Waals surface area (Å²) >= 11 is 1.78. The van der Waals surface area contributed by atoms with Crippen LogP contribution in [0.2, 0.25) is 0 Å². The number of rotatable bonds is 6. The zero-order valence-corrected chi connectivity index (χ0v) is 19.4. The molecule has 1 fully saturated rings. The van der Waals surface area contributed by atoms with Crippen LogP contribution in [0.5, 0.6) is 0 Å². The Balaban J connectivity index is 1.08.